The molecule has 1 heterocycles. The van der Waals surface area contributed by atoms with Gasteiger partial charge in [0.05, 0.1) is 11.4 Å². The van der Waals surface area contributed by atoms with Crippen molar-refractivity contribution in [2.75, 3.05) is 0 Å². The van der Waals surface area contributed by atoms with E-state index in [0.717, 1.165) is 29.9 Å². The van der Waals surface area contributed by atoms with E-state index in [0.29, 0.717) is 6.04 Å². The van der Waals surface area contributed by atoms with Gasteiger partial charge in [0.1, 0.15) is 5.69 Å². The molecule has 146 valence electrons. The first-order chi connectivity index (χ1) is 13.7. The molecule has 3 aromatic rings. The van der Waals surface area contributed by atoms with E-state index < -0.39 is 0 Å². The Morgan fingerprint density at radius 2 is 1.82 bits per heavy atom. The second-order valence-corrected chi connectivity index (χ2v) is 7.36. The quantitative estimate of drug-likeness (QED) is 0.444. The molecule has 2 N–H and O–H groups in total. The zero-order valence-corrected chi connectivity index (χ0v) is 17.0. The number of nitrogens with zero attached hydrogens (tertiary/aromatic N) is 1. The van der Waals surface area contributed by atoms with Gasteiger partial charge in [0.2, 0.25) is 0 Å². The van der Waals surface area contributed by atoms with Crippen LogP contribution in [0.4, 0.5) is 0 Å². The van der Waals surface area contributed by atoms with Gasteiger partial charge in [-0.3, -0.25) is 5.10 Å². The smallest absolute Gasteiger partial charge is 0.108 e. The molecule has 1 aromatic heterocycles. The Balaban J connectivity index is 1.76. The van der Waals surface area contributed by atoms with E-state index in [-0.39, 0.29) is 0 Å². The molecule has 0 aliphatic heterocycles. The maximum atomic E-state index is 4.52. The highest BCUT2D eigenvalue weighted by atomic mass is 15.1. The first-order valence-corrected chi connectivity index (χ1v) is 10.3. The van der Waals surface area contributed by atoms with Gasteiger partial charge in [-0.15, -0.1) is 0 Å². The third-order valence-electron chi connectivity index (χ3n) is 5.21. The molecule has 0 spiro atoms. The molecule has 2 aromatic carbocycles. The van der Waals surface area contributed by atoms with Crippen LogP contribution in [0.15, 0.2) is 67.2 Å². The van der Waals surface area contributed by atoms with Gasteiger partial charge in [0.15, 0.2) is 0 Å². The van der Waals surface area contributed by atoms with Crippen LogP contribution in [0.5, 0.6) is 0 Å². The summed E-state index contributed by atoms with van der Waals surface area (Å²) >= 11 is 0. The Morgan fingerprint density at radius 1 is 1.07 bits per heavy atom. The van der Waals surface area contributed by atoms with Gasteiger partial charge in [-0.25, -0.2) is 0 Å². The van der Waals surface area contributed by atoms with E-state index in [1.807, 2.05) is 0 Å². The molecule has 0 fully saturated rings. The standard InChI is InChI=1S/C25H31N3/c1-4-6-15-22(5-2)26-19(3)24-18-25(28-27-24)23-16-11-10-14-21(23)17-20-12-8-7-9-13-20/h7-14,16,18,22,26H,3-6,15,17H2,1-2H3,(H,27,28)/t22-/m1/s1. The summed E-state index contributed by atoms with van der Waals surface area (Å²) in [7, 11) is 0. The van der Waals surface area contributed by atoms with Gasteiger partial charge in [0.25, 0.3) is 0 Å². The Hall–Kier alpha value is -2.81. The maximum Gasteiger partial charge on any atom is 0.108 e. The fourth-order valence-corrected chi connectivity index (χ4v) is 3.52. The summed E-state index contributed by atoms with van der Waals surface area (Å²) in [6.07, 6.45) is 5.62. The number of hydrogen-bond donors (Lipinski definition) is 2. The van der Waals surface area contributed by atoms with Crippen molar-refractivity contribution < 1.29 is 0 Å². The van der Waals surface area contributed by atoms with E-state index in [4.69, 9.17) is 0 Å². The first-order valence-electron chi connectivity index (χ1n) is 10.3. The van der Waals surface area contributed by atoms with Crippen LogP contribution in [0, 0.1) is 0 Å². The van der Waals surface area contributed by atoms with Gasteiger partial charge in [-0.1, -0.05) is 87.9 Å². The highest BCUT2D eigenvalue weighted by Crippen LogP contribution is 2.26. The molecule has 0 aliphatic rings. The number of hydrogen-bond acceptors (Lipinski definition) is 2. The molecular formula is C25H31N3. The van der Waals surface area contributed by atoms with Crippen molar-refractivity contribution in [1.29, 1.82) is 0 Å². The second kappa shape index (κ2) is 9.93. The number of H-pyrrole nitrogens is 1. The number of nitrogens with one attached hydrogen (secondary N) is 2. The Kier molecular flexibility index (Phi) is 7.07. The van der Waals surface area contributed by atoms with Crippen LogP contribution in [-0.4, -0.2) is 16.2 Å². The van der Waals surface area contributed by atoms with Crippen LogP contribution in [-0.2, 0) is 6.42 Å². The van der Waals surface area contributed by atoms with Crippen molar-refractivity contribution in [1.82, 2.24) is 15.5 Å². The van der Waals surface area contributed by atoms with Crippen molar-refractivity contribution in [3.63, 3.8) is 0 Å². The lowest BCUT2D eigenvalue weighted by molar-refractivity contribution is 0.511. The number of aromatic nitrogens is 2. The number of rotatable bonds is 10. The molecule has 28 heavy (non-hydrogen) atoms. The fourth-order valence-electron chi connectivity index (χ4n) is 3.52. The summed E-state index contributed by atoms with van der Waals surface area (Å²) in [5.74, 6) is 0. The number of unbranched alkanes of at least 4 members (excludes halogenated alkanes) is 1. The lowest BCUT2D eigenvalue weighted by Crippen LogP contribution is -2.26. The Morgan fingerprint density at radius 3 is 2.57 bits per heavy atom. The summed E-state index contributed by atoms with van der Waals surface area (Å²) in [6, 6.07) is 21.6. The van der Waals surface area contributed by atoms with Crippen LogP contribution < -0.4 is 5.32 Å². The third kappa shape index (κ3) is 5.13. The number of aromatic amines is 1. The molecule has 0 bridgehead atoms. The summed E-state index contributed by atoms with van der Waals surface area (Å²) < 4.78 is 0. The molecular weight excluding hydrogens is 342 g/mol. The summed E-state index contributed by atoms with van der Waals surface area (Å²) in [6.45, 7) is 8.67. The van der Waals surface area contributed by atoms with Crippen molar-refractivity contribution in [3.8, 4) is 11.3 Å². The molecule has 0 unspecified atom stereocenters. The van der Waals surface area contributed by atoms with Crippen LogP contribution >= 0.6 is 0 Å². The van der Waals surface area contributed by atoms with Crippen molar-refractivity contribution >= 4 is 5.70 Å². The van der Waals surface area contributed by atoms with Gasteiger partial charge in [-0.2, -0.15) is 5.10 Å². The van der Waals surface area contributed by atoms with Crippen molar-refractivity contribution in [2.45, 2.75) is 52.0 Å². The zero-order valence-electron chi connectivity index (χ0n) is 17.0. The molecule has 0 saturated carbocycles. The van der Waals surface area contributed by atoms with Gasteiger partial charge < -0.3 is 5.32 Å². The third-order valence-corrected chi connectivity index (χ3v) is 5.21. The lowest BCUT2D eigenvalue weighted by atomic mass is 9.98. The van der Waals surface area contributed by atoms with E-state index in [1.54, 1.807) is 0 Å². The van der Waals surface area contributed by atoms with Gasteiger partial charge in [0, 0.05) is 11.6 Å². The van der Waals surface area contributed by atoms with E-state index in [1.165, 1.54) is 36.0 Å². The Labute approximate surface area is 168 Å². The fraction of sp³-hybridized carbons (Fsp3) is 0.320. The highest BCUT2D eigenvalue weighted by molar-refractivity contribution is 5.69. The minimum absolute atomic E-state index is 0.456. The average Bonchev–Trinajstić information content (AvgIpc) is 3.22. The molecule has 0 radical (unpaired) electrons. The van der Waals surface area contributed by atoms with E-state index >= 15 is 0 Å². The van der Waals surface area contributed by atoms with Crippen LogP contribution in [0.2, 0.25) is 0 Å². The molecule has 0 aliphatic carbocycles. The summed E-state index contributed by atoms with van der Waals surface area (Å²) in [4.78, 5) is 0. The molecule has 3 rings (SSSR count). The largest absolute Gasteiger partial charge is 0.381 e. The first kappa shape index (κ1) is 19.9. The van der Waals surface area contributed by atoms with Crippen molar-refractivity contribution in [3.05, 3.63) is 84.1 Å². The molecule has 3 heteroatoms. The van der Waals surface area contributed by atoms with Crippen LogP contribution in [0.3, 0.4) is 0 Å². The molecule has 0 saturated heterocycles. The Bertz CT molecular complexity index is 880. The van der Waals surface area contributed by atoms with Gasteiger partial charge >= 0.3 is 0 Å². The monoisotopic (exact) mass is 373 g/mol. The molecule has 1 atom stereocenters. The summed E-state index contributed by atoms with van der Waals surface area (Å²) in [5, 5.41) is 11.3. The maximum absolute atomic E-state index is 4.52. The van der Waals surface area contributed by atoms with Crippen LogP contribution in [0.1, 0.15) is 56.4 Å². The van der Waals surface area contributed by atoms with Crippen LogP contribution in [0.25, 0.3) is 17.0 Å². The number of benzene rings is 2. The second-order valence-electron chi connectivity index (χ2n) is 7.36. The zero-order chi connectivity index (χ0) is 19.8. The average molecular weight is 374 g/mol. The van der Waals surface area contributed by atoms with E-state index in [9.17, 15) is 0 Å². The highest BCUT2D eigenvalue weighted by Gasteiger charge is 2.13. The predicted octanol–water partition coefficient (Wildman–Crippen LogP) is 6.20. The van der Waals surface area contributed by atoms with Gasteiger partial charge in [-0.05, 0) is 36.5 Å². The van der Waals surface area contributed by atoms with Crippen molar-refractivity contribution in [2.24, 2.45) is 0 Å². The van der Waals surface area contributed by atoms with E-state index in [2.05, 4.69) is 96.6 Å². The predicted molar refractivity (Wildman–Crippen MR) is 119 cm³/mol. The minimum Gasteiger partial charge on any atom is -0.381 e. The topological polar surface area (TPSA) is 40.7 Å². The lowest BCUT2D eigenvalue weighted by Gasteiger charge is -2.18. The SMILES string of the molecule is C=C(N[C@H](CC)CCCC)c1cc(-c2ccccc2Cc2ccccc2)[nH]n1. The normalized spacial score (nSPS) is 11.9. The molecule has 3 nitrogen and oxygen atoms in total. The molecule has 0 amide bonds. The summed E-state index contributed by atoms with van der Waals surface area (Å²) in [5.41, 5.74) is 6.60. The minimum atomic E-state index is 0.456.